The third kappa shape index (κ3) is 6.75. The van der Waals surface area contributed by atoms with Crippen molar-refractivity contribution in [2.24, 2.45) is 0 Å². The predicted molar refractivity (Wildman–Crippen MR) is 153 cm³/mol. The Kier molecular flexibility index (Phi) is 9.31. The number of thioether (sulfide) groups is 1. The number of amides is 3. The van der Waals surface area contributed by atoms with Crippen molar-refractivity contribution in [1.29, 1.82) is 0 Å². The number of ether oxygens (including phenoxy) is 2. The molecule has 9 heteroatoms. The van der Waals surface area contributed by atoms with Crippen LogP contribution in [0.15, 0.2) is 54.0 Å². The lowest BCUT2D eigenvalue weighted by molar-refractivity contribution is -0.135. The molecule has 2 fully saturated rings. The molecule has 2 aromatic rings. The van der Waals surface area contributed by atoms with Crippen LogP contribution in [0.2, 0.25) is 0 Å². The highest BCUT2D eigenvalue weighted by molar-refractivity contribution is 14.1. The number of carbonyl (C=O) groups is 3. The first-order chi connectivity index (χ1) is 17.9. The minimum atomic E-state index is -0.454. The van der Waals surface area contributed by atoms with Gasteiger partial charge in [-0.2, -0.15) is 0 Å². The molecule has 0 unspecified atom stereocenters. The SMILES string of the molecule is C=CCc1cc(/C=C2/SC(=O)N(CC(=O)N3CCCC3)C2=O)cc(OCC)c1OCc1ccc(I)cc1. The molecule has 0 N–H and O–H groups in total. The van der Waals surface area contributed by atoms with Crippen LogP contribution < -0.4 is 9.47 Å². The van der Waals surface area contributed by atoms with E-state index in [-0.39, 0.29) is 17.4 Å². The van der Waals surface area contributed by atoms with Crippen LogP contribution in [-0.4, -0.2) is 53.1 Å². The first-order valence-electron chi connectivity index (χ1n) is 12.2. The maximum atomic E-state index is 13.0. The number of hydrogen-bond donors (Lipinski definition) is 0. The number of carbonyl (C=O) groups excluding carboxylic acids is 3. The first-order valence-corrected chi connectivity index (χ1v) is 14.1. The summed E-state index contributed by atoms with van der Waals surface area (Å²) in [6.07, 6.45) is 5.89. The molecule has 4 rings (SSSR count). The maximum absolute atomic E-state index is 13.0. The van der Waals surface area contributed by atoms with E-state index in [0.29, 0.717) is 49.8 Å². The molecule has 0 spiro atoms. The lowest BCUT2D eigenvalue weighted by Gasteiger charge is -2.18. The Labute approximate surface area is 235 Å². The Morgan fingerprint density at radius 3 is 2.54 bits per heavy atom. The van der Waals surface area contributed by atoms with Gasteiger partial charge in [0, 0.05) is 22.2 Å². The predicted octanol–water partition coefficient (Wildman–Crippen LogP) is 5.66. The fourth-order valence-electron chi connectivity index (χ4n) is 4.23. The molecular formula is C28H29IN2O5S. The van der Waals surface area contributed by atoms with Gasteiger partial charge in [0.25, 0.3) is 11.1 Å². The van der Waals surface area contributed by atoms with E-state index in [1.807, 2.05) is 43.3 Å². The molecule has 0 atom stereocenters. The van der Waals surface area contributed by atoms with Gasteiger partial charge in [-0.05, 0) is 102 Å². The Hall–Kier alpha value is -2.79. The first kappa shape index (κ1) is 27.3. The molecule has 194 valence electrons. The second kappa shape index (κ2) is 12.6. The molecular weight excluding hydrogens is 603 g/mol. The number of halogens is 1. The largest absolute Gasteiger partial charge is 0.490 e. The van der Waals surface area contributed by atoms with E-state index in [0.717, 1.165) is 44.2 Å². The highest BCUT2D eigenvalue weighted by Gasteiger charge is 2.37. The number of benzene rings is 2. The van der Waals surface area contributed by atoms with Gasteiger partial charge < -0.3 is 14.4 Å². The van der Waals surface area contributed by atoms with Crippen molar-refractivity contribution in [2.45, 2.75) is 32.8 Å². The number of rotatable bonds is 10. The number of imide groups is 1. The Balaban J connectivity index is 1.57. The summed E-state index contributed by atoms with van der Waals surface area (Å²) in [6.45, 7) is 7.71. The summed E-state index contributed by atoms with van der Waals surface area (Å²) in [7, 11) is 0. The second-order valence-electron chi connectivity index (χ2n) is 8.70. The van der Waals surface area contributed by atoms with Gasteiger partial charge in [0.2, 0.25) is 5.91 Å². The third-order valence-electron chi connectivity index (χ3n) is 6.04. The summed E-state index contributed by atoms with van der Waals surface area (Å²) < 4.78 is 13.3. The maximum Gasteiger partial charge on any atom is 0.294 e. The molecule has 0 saturated carbocycles. The summed E-state index contributed by atoms with van der Waals surface area (Å²) in [5.74, 6) is 0.538. The molecule has 2 aliphatic heterocycles. The number of hydrogen-bond acceptors (Lipinski definition) is 6. The van der Waals surface area contributed by atoms with E-state index >= 15 is 0 Å². The summed E-state index contributed by atoms with van der Waals surface area (Å²) >= 11 is 3.11. The van der Waals surface area contributed by atoms with Crippen molar-refractivity contribution in [3.05, 3.63) is 74.2 Å². The van der Waals surface area contributed by atoms with Gasteiger partial charge in [-0.1, -0.05) is 18.2 Å². The lowest BCUT2D eigenvalue weighted by atomic mass is 10.0. The third-order valence-corrected chi connectivity index (χ3v) is 7.66. The standard InChI is InChI=1S/C28H29IN2O5S/c1-3-7-21-14-20(15-23(35-4-2)26(21)36-18-19-8-10-22(29)11-9-19)16-24-27(33)31(28(34)37-24)17-25(32)30-12-5-6-13-30/h3,8-11,14-16H,1,4-7,12-13,17-18H2,2H3/b24-16+. The zero-order chi connectivity index (χ0) is 26.4. The van der Waals surface area contributed by atoms with Crippen LogP contribution in [0.5, 0.6) is 11.5 Å². The van der Waals surface area contributed by atoms with Crippen molar-refractivity contribution in [3.63, 3.8) is 0 Å². The summed E-state index contributed by atoms with van der Waals surface area (Å²) in [4.78, 5) is 41.1. The zero-order valence-corrected chi connectivity index (χ0v) is 23.7. The van der Waals surface area contributed by atoms with Gasteiger partial charge in [0.15, 0.2) is 11.5 Å². The van der Waals surface area contributed by atoms with Crippen LogP contribution in [0, 0.1) is 3.57 Å². The smallest absolute Gasteiger partial charge is 0.294 e. The molecule has 0 radical (unpaired) electrons. The topological polar surface area (TPSA) is 76.2 Å². The summed E-state index contributed by atoms with van der Waals surface area (Å²) in [5.41, 5.74) is 2.60. The number of nitrogens with zero attached hydrogens (tertiary/aromatic N) is 2. The Morgan fingerprint density at radius 1 is 1.14 bits per heavy atom. The van der Waals surface area contributed by atoms with E-state index in [9.17, 15) is 14.4 Å². The van der Waals surface area contributed by atoms with Gasteiger partial charge >= 0.3 is 0 Å². The molecule has 37 heavy (non-hydrogen) atoms. The van der Waals surface area contributed by atoms with Crippen LogP contribution in [0.3, 0.4) is 0 Å². The highest BCUT2D eigenvalue weighted by Crippen LogP contribution is 2.38. The minimum Gasteiger partial charge on any atom is -0.490 e. The van der Waals surface area contributed by atoms with Crippen molar-refractivity contribution >= 4 is 57.5 Å². The second-order valence-corrected chi connectivity index (χ2v) is 10.9. The average Bonchev–Trinajstić information content (AvgIpc) is 3.50. The fraction of sp³-hybridized carbons (Fsp3) is 0.321. The fourth-order valence-corrected chi connectivity index (χ4v) is 5.42. The minimum absolute atomic E-state index is 0.192. The molecule has 2 aromatic carbocycles. The van der Waals surface area contributed by atoms with Crippen LogP contribution in [-0.2, 0) is 22.6 Å². The van der Waals surface area contributed by atoms with E-state index in [1.54, 1.807) is 17.1 Å². The lowest BCUT2D eigenvalue weighted by Crippen LogP contribution is -2.40. The normalized spacial score (nSPS) is 16.5. The van der Waals surface area contributed by atoms with Gasteiger partial charge in [-0.3, -0.25) is 19.3 Å². The summed E-state index contributed by atoms with van der Waals surface area (Å²) in [6, 6.07) is 11.8. The Bertz CT molecular complexity index is 1220. The van der Waals surface area contributed by atoms with Crippen LogP contribution in [0.1, 0.15) is 36.5 Å². The zero-order valence-electron chi connectivity index (χ0n) is 20.7. The van der Waals surface area contributed by atoms with Gasteiger partial charge in [-0.25, -0.2) is 0 Å². The number of allylic oxidation sites excluding steroid dienone is 1. The van der Waals surface area contributed by atoms with Crippen molar-refractivity contribution in [2.75, 3.05) is 26.2 Å². The average molecular weight is 633 g/mol. The monoisotopic (exact) mass is 632 g/mol. The van der Waals surface area contributed by atoms with Gasteiger partial charge in [-0.15, -0.1) is 6.58 Å². The molecule has 0 aromatic heterocycles. The quantitative estimate of drug-likeness (QED) is 0.191. The van der Waals surface area contributed by atoms with E-state index in [2.05, 4.69) is 29.2 Å². The van der Waals surface area contributed by atoms with Crippen molar-refractivity contribution < 1.29 is 23.9 Å². The molecule has 2 aliphatic rings. The molecule has 2 saturated heterocycles. The molecule has 0 aliphatic carbocycles. The van der Waals surface area contributed by atoms with Crippen LogP contribution in [0.25, 0.3) is 6.08 Å². The number of likely N-dealkylation sites (tertiary alicyclic amines) is 1. The van der Waals surface area contributed by atoms with Gasteiger partial charge in [0.1, 0.15) is 13.2 Å². The summed E-state index contributed by atoms with van der Waals surface area (Å²) in [5, 5.41) is -0.433. The van der Waals surface area contributed by atoms with E-state index in [4.69, 9.17) is 9.47 Å². The molecule has 3 amide bonds. The molecule has 0 bridgehead atoms. The highest BCUT2D eigenvalue weighted by atomic mass is 127. The van der Waals surface area contributed by atoms with Crippen LogP contribution in [0.4, 0.5) is 4.79 Å². The van der Waals surface area contributed by atoms with Crippen molar-refractivity contribution in [3.8, 4) is 11.5 Å². The molecule has 2 heterocycles. The molecule has 7 nitrogen and oxygen atoms in total. The van der Waals surface area contributed by atoms with E-state index < -0.39 is 11.1 Å². The van der Waals surface area contributed by atoms with E-state index in [1.165, 1.54) is 0 Å². The van der Waals surface area contributed by atoms with Crippen LogP contribution >= 0.6 is 34.4 Å². The Morgan fingerprint density at radius 2 is 1.86 bits per heavy atom. The van der Waals surface area contributed by atoms with Gasteiger partial charge in [0.05, 0.1) is 11.5 Å². The van der Waals surface area contributed by atoms with Crippen molar-refractivity contribution in [1.82, 2.24) is 9.80 Å².